The van der Waals surface area contributed by atoms with Gasteiger partial charge in [-0.2, -0.15) is 0 Å². The third kappa shape index (κ3) is 4.35. The normalized spacial score (nSPS) is 24.9. The van der Waals surface area contributed by atoms with Gasteiger partial charge in [-0.05, 0) is 0 Å². The van der Waals surface area contributed by atoms with Gasteiger partial charge in [-0.25, -0.2) is 0 Å². The van der Waals surface area contributed by atoms with E-state index in [1.165, 1.54) is 20.6 Å². The molecule has 0 saturated carbocycles. The Morgan fingerprint density at radius 3 is 2.50 bits per heavy atom. The fourth-order valence-electron chi connectivity index (χ4n) is 2.75. The van der Waals surface area contributed by atoms with E-state index in [1.54, 1.807) is 0 Å². The van der Waals surface area contributed by atoms with Crippen molar-refractivity contribution in [2.75, 3.05) is 6.61 Å². The van der Waals surface area contributed by atoms with Gasteiger partial charge in [0.1, 0.15) is 0 Å². The maximum Gasteiger partial charge on any atom is -1.00 e. The third-order valence-electron chi connectivity index (χ3n) is 3.84. The molecule has 4 heteroatoms. The first-order chi connectivity index (χ1) is 8.57. The van der Waals surface area contributed by atoms with Gasteiger partial charge in [-0.3, -0.25) is 0 Å². The third-order valence-corrected chi connectivity index (χ3v) is 4.66. The number of rotatable bonds is 4. The molecule has 0 fully saturated rings. The molecular formula is C16H21Cl2OTi. The minimum absolute atomic E-state index is 0. The number of allylic oxidation sites excluding steroid dienone is 5. The van der Waals surface area contributed by atoms with E-state index in [4.69, 9.17) is 4.74 Å². The van der Waals surface area contributed by atoms with Crippen LogP contribution < -0.4 is 24.8 Å². The monoisotopic (exact) mass is 347 g/mol. The van der Waals surface area contributed by atoms with Crippen LogP contribution in [0, 0.1) is 0 Å². The molecule has 0 N–H and O–H groups in total. The molecule has 0 saturated heterocycles. The minimum Gasteiger partial charge on any atom is -1.00 e. The average molecular weight is 348 g/mol. The molecule has 0 radical (unpaired) electrons. The smallest absolute Gasteiger partial charge is 1.00 e. The van der Waals surface area contributed by atoms with Gasteiger partial charge in [0.15, 0.2) is 0 Å². The van der Waals surface area contributed by atoms with Gasteiger partial charge in [0, 0.05) is 0 Å². The molecule has 109 valence electrons. The number of hydrogen-bond acceptors (Lipinski definition) is 1. The molecule has 0 aromatic carbocycles. The van der Waals surface area contributed by atoms with Crippen LogP contribution in [0.3, 0.4) is 0 Å². The van der Waals surface area contributed by atoms with Crippen LogP contribution in [0.1, 0.15) is 40.0 Å². The zero-order valence-electron chi connectivity index (χ0n) is 12.3. The fourth-order valence-corrected chi connectivity index (χ4v) is 3.21. The second-order valence-electron chi connectivity index (χ2n) is 5.19. The molecule has 1 atom stereocenters. The fraction of sp³-hybridized carbons (Fsp3) is 0.500. The summed E-state index contributed by atoms with van der Waals surface area (Å²) < 4.78 is 7.65. The number of hydrogen-bond donors (Lipinski definition) is 0. The van der Waals surface area contributed by atoms with Crippen molar-refractivity contribution < 1.29 is 50.0 Å². The molecule has 2 rings (SSSR count). The molecule has 2 aliphatic carbocycles. The van der Waals surface area contributed by atoms with Gasteiger partial charge in [0.25, 0.3) is 0 Å². The zero-order valence-corrected chi connectivity index (χ0v) is 15.4. The van der Waals surface area contributed by atoms with E-state index in [0.29, 0.717) is 0 Å². The summed E-state index contributed by atoms with van der Waals surface area (Å²) in [6.45, 7) is 7.24. The van der Waals surface area contributed by atoms with E-state index in [0.717, 1.165) is 25.9 Å². The molecular weight excluding hydrogens is 327 g/mol. The van der Waals surface area contributed by atoms with Crippen LogP contribution in [0.4, 0.5) is 0 Å². The molecule has 1 unspecified atom stereocenters. The predicted octanol–water partition coefficient (Wildman–Crippen LogP) is -1.78. The SMILES string of the molecule is CCOC1(CC2=[C]([Ti+2])CC=C2)CC=C(C)C=C1C.[Cl-].[Cl-]. The van der Waals surface area contributed by atoms with E-state index in [2.05, 4.69) is 65.5 Å². The number of halogens is 2. The second kappa shape index (κ2) is 8.61. The second-order valence-corrected chi connectivity index (χ2v) is 6.14. The Labute approximate surface area is 146 Å². The first kappa shape index (κ1) is 20.2. The predicted molar refractivity (Wildman–Crippen MR) is 71.9 cm³/mol. The van der Waals surface area contributed by atoms with E-state index in [1.807, 2.05) is 0 Å². The van der Waals surface area contributed by atoms with Crippen LogP contribution in [0.2, 0.25) is 0 Å². The molecule has 0 spiro atoms. The standard InChI is InChI=1S/C16H21O.2ClH.Ti/c1-4-17-16(12-15-7-5-6-8-15)10-9-13(2)11-14(16)3;;;/h5,7,9,11H,4,6,10,12H2,1-3H3;2*1H;/q;;;+2/p-2. The van der Waals surface area contributed by atoms with Gasteiger partial charge in [0.05, 0.1) is 0 Å². The van der Waals surface area contributed by atoms with Gasteiger partial charge in [-0.1, -0.05) is 0 Å². The summed E-state index contributed by atoms with van der Waals surface area (Å²) in [5.74, 6) is 0. The van der Waals surface area contributed by atoms with E-state index >= 15 is 0 Å². The Kier molecular flexibility index (Phi) is 8.70. The maximum atomic E-state index is 6.16. The van der Waals surface area contributed by atoms with Crippen LogP contribution in [-0.2, 0) is 25.2 Å². The molecule has 0 amide bonds. The van der Waals surface area contributed by atoms with Gasteiger partial charge in [-0.15, -0.1) is 0 Å². The van der Waals surface area contributed by atoms with Crippen molar-refractivity contribution >= 4 is 0 Å². The Balaban J connectivity index is 0.00000180. The Hall–Kier alpha value is 0.214. The van der Waals surface area contributed by atoms with Crippen LogP contribution in [0.25, 0.3) is 0 Å². The topological polar surface area (TPSA) is 9.23 Å². The van der Waals surface area contributed by atoms with E-state index in [9.17, 15) is 0 Å². The van der Waals surface area contributed by atoms with Crippen molar-refractivity contribution in [1.29, 1.82) is 0 Å². The van der Waals surface area contributed by atoms with Crippen LogP contribution in [-0.4, -0.2) is 12.2 Å². The summed E-state index contributed by atoms with van der Waals surface area (Å²) in [6.07, 6.45) is 12.2. The summed E-state index contributed by atoms with van der Waals surface area (Å²) >= 11 is 2.23. The first-order valence-electron chi connectivity index (χ1n) is 6.67. The summed E-state index contributed by atoms with van der Waals surface area (Å²) in [7, 11) is 0. The molecule has 0 aromatic heterocycles. The summed E-state index contributed by atoms with van der Waals surface area (Å²) in [6, 6.07) is 0. The van der Waals surface area contributed by atoms with Crippen molar-refractivity contribution in [2.45, 2.75) is 45.6 Å². The maximum absolute atomic E-state index is 6.16. The van der Waals surface area contributed by atoms with Crippen molar-refractivity contribution in [2.24, 2.45) is 0 Å². The van der Waals surface area contributed by atoms with Gasteiger partial charge < -0.3 is 24.8 Å². The summed E-state index contributed by atoms with van der Waals surface area (Å²) in [5, 5.41) is 0. The summed E-state index contributed by atoms with van der Waals surface area (Å²) in [5.41, 5.74) is 4.07. The van der Waals surface area contributed by atoms with Crippen molar-refractivity contribution in [3.8, 4) is 0 Å². The first-order valence-corrected chi connectivity index (χ1v) is 7.45. The van der Waals surface area contributed by atoms with Crippen molar-refractivity contribution in [1.82, 2.24) is 0 Å². The quantitative estimate of drug-likeness (QED) is 0.546. The molecule has 0 heterocycles. The Bertz CT molecular complexity index is 463. The average Bonchev–Trinajstić information content (AvgIpc) is 2.71. The Morgan fingerprint density at radius 2 is 2.00 bits per heavy atom. The molecule has 0 aliphatic heterocycles. The van der Waals surface area contributed by atoms with Crippen molar-refractivity contribution in [3.05, 3.63) is 44.9 Å². The molecule has 20 heavy (non-hydrogen) atoms. The van der Waals surface area contributed by atoms with E-state index < -0.39 is 0 Å². The van der Waals surface area contributed by atoms with E-state index in [-0.39, 0.29) is 30.4 Å². The van der Waals surface area contributed by atoms with Crippen LogP contribution >= 0.6 is 0 Å². The Morgan fingerprint density at radius 1 is 1.30 bits per heavy atom. The van der Waals surface area contributed by atoms with Crippen molar-refractivity contribution in [3.63, 3.8) is 0 Å². The zero-order chi connectivity index (χ0) is 13.2. The number of ether oxygens (including phenoxy) is 1. The van der Waals surface area contributed by atoms with Crippen LogP contribution in [0.15, 0.2) is 44.9 Å². The summed E-state index contributed by atoms with van der Waals surface area (Å²) in [4.78, 5) is 0. The van der Waals surface area contributed by atoms with Gasteiger partial charge in [0.2, 0.25) is 0 Å². The molecule has 2 aliphatic rings. The molecule has 0 aromatic rings. The molecule has 1 nitrogen and oxygen atoms in total. The minimum atomic E-state index is -0.112. The largest absolute Gasteiger partial charge is 1.00 e. The van der Waals surface area contributed by atoms with Gasteiger partial charge >= 0.3 is 122 Å². The molecule has 0 bridgehead atoms. The van der Waals surface area contributed by atoms with Crippen LogP contribution in [0.5, 0.6) is 0 Å².